The first-order valence-electron chi connectivity index (χ1n) is 6.23. The van der Waals surface area contributed by atoms with Crippen LogP contribution in [0.25, 0.3) is 0 Å². The van der Waals surface area contributed by atoms with Crippen molar-refractivity contribution in [3.63, 3.8) is 0 Å². The second-order valence-electron chi connectivity index (χ2n) is 4.54. The molecule has 0 saturated heterocycles. The first-order chi connectivity index (χ1) is 9.76. The Morgan fingerprint density at radius 3 is 2.55 bits per heavy atom. The molecule has 0 spiro atoms. The number of thiophene rings is 1. The third kappa shape index (κ3) is 2.72. The molecule has 0 fully saturated rings. The van der Waals surface area contributed by atoms with Gasteiger partial charge in [-0.1, -0.05) is 24.3 Å². The van der Waals surface area contributed by atoms with Gasteiger partial charge >= 0.3 is 0 Å². The molecule has 2 heterocycles. The minimum atomic E-state index is 0.151. The molecule has 1 amide bonds. The van der Waals surface area contributed by atoms with E-state index in [4.69, 9.17) is 5.26 Å². The Labute approximate surface area is 125 Å². The van der Waals surface area contributed by atoms with Crippen molar-refractivity contribution in [1.29, 1.82) is 5.26 Å². The Hall–Kier alpha value is -1.77. The highest BCUT2D eigenvalue weighted by Crippen LogP contribution is 2.28. The van der Waals surface area contributed by atoms with Gasteiger partial charge in [0, 0.05) is 13.1 Å². The Kier molecular flexibility index (Phi) is 3.77. The number of hydrogen-bond acceptors (Lipinski definition) is 4. The average Bonchev–Trinajstić information content (AvgIpc) is 3.10. The molecule has 0 aliphatic carbocycles. The normalized spacial score (nSPS) is 13.1. The number of nitrogens with zero attached hydrogens (tertiary/aromatic N) is 2. The van der Waals surface area contributed by atoms with Crippen molar-refractivity contribution in [2.45, 2.75) is 17.3 Å². The van der Waals surface area contributed by atoms with Crippen molar-refractivity contribution in [3.8, 4) is 6.07 Å². The largest absolute Gasteiger partial charge is 0.333 e. The smallest absolute Gasteiger partial charge is 0.233 e. The number of amides is 1. The maximum absolute atomic E-state index is 12.2. The van der Waals surface area contributed by atoms with Gasteiger partial charge in [0.1, 0.15) is 10.9 Å². The predicted molar refractivity (Wildman–Crippen MR) is 80.5 cm³/mol. The van der Waals surface area contributed by atoms with E-state index in [9.17, 15) is 4.79 Å². The average molecular weight is 300 g/mol. The molecular formula is C15H12N2OS2. The molecule has 100 valence electrons. The lowest BCUT2D eigenvalue weighted by atomic mass is 10.1. The molecule has 3 nitrogen and oxygen atoms in total. The first kappa shape index (κ1) is 13.2. The second-order valence-corrected chi connectivity index (χ2v) is 6.90. The Balaban J connectivity index is 1.57. The number of benzene rings is 1. The summed E-state index contributed by atoms with van der Waals surface area (Å²) in [6.07, 6.45) is 0. The number of nitriles is 1. The van der Waals surface area contributed by atoms with Crippen LogP contribution in [0.4, 0.5) is 0 Å². The van der Waals surface area contributed by atoms with Crippen LogP contribution in [0, 0.1) is 11.3 Å². The minimum absolute atomic E-state index is 0.151. The van der Waals surface area contributed by atoms with Gasteiger partial charge in [0.2, 0.25) is 5.91 Å². The zero-order valence-electron chi connectivity index (χ0n) is 10.7. The van der Waals surface area contributed by atoms with E-state index in [1.807, 2.05) is 23.1 Å². The maximum atomic E-state index is 12.2. The molecule has 1 aliphatic heterocycles. The zero-order valence-corrected chi connectivity index (χ0v) is 12.3. The van der Waals surface area contributed by atoms with Gasteiger partial charge in [-0.3, -0.25) is 4.79 Å². The highest BCUT2D eigenvalue weighted by atomic mass is 32.2. The van der Waals surface area contributed by atoms with E-state index in [0.29, 0.717) is 23.7 Å². The van der Waals surface area contributed by atoms with Crippen LogP contribution in [0.3, 0.4) is 0 Å². The maximum Gasteiger partial charge on any atom is 0.233 e. The van der Waals surface area contributed by atoms with Crippen molar-refractivity contribution in [3.05, 3.63) is 52.4 Å². The van der Waals surface area contributed by atoms with Crippen molar-refractivity contribution in [2.75, 3.05) is 5.75 Å². The van der Waals surface area contributed by atoms with E-state index >= 15 is 0 Å². The van der Waals surface area contributed by atoms with Crippen LogP contribution in [0.2, 0.25) is 0 Å². The van der Waals surface area contributed by atoms with Gasteiger partial charge in [0.15, 0.2) is 0 Å². The fourth-order valence-electron chi connectivity index (χ4n) is 2.19. The summed E-state index contributed by atoms with van der Waals surface area (Å²) in [5.41, 5.74) is 2.49. The summed E-state index contributed by atoms with van der Waals surface area (Å²) < 4.78 is 1.02. The van der Waals surface area contributed by atoms with Crippen LogP contribution in [-0.2, 0) is 17.9 Å². The molecule has 0 atom stereocenters. The van der Waals surface area contributed by atoms with E-state index in [-0.39, 0.29) is 5.91 Å². The van der Waals surface area contributed by atoms with Crippen molar-refractivity contribution < 1.29 is 4.79 Å². The first-order valence-corrected chi connectivity index (χ1v) is 8.04. The Bertz CT molecular complexity index is 662. The van der Waals surface area contributed by atoms with Crippen molar-refractivity contribution in [1.82, 2.24) is 4.90 Å². The molecule has 2 aromatic rings. The van der Waals surface area contributed by atoms with Gasteiger partial charge in [-0.05, 0) is 23.3 Å². The number of thioether (sulfide) groups is 1. The highest BCUT2D eigenvalue weighted by Gasteiger charge is 2.22. The summed E-state index contributed by atoms with van der Waals surface area (Å²) in [5.74, 6) is 0.581. The van der Waals surface area contributed by atoms with Crippen LogP contribution in [0.1, 0.15) is 16.0 Å². The summed E-state index contributed by atoms with van der Waals surface area (Å²) in [5, 5.41) is 8.78. The molecule has 0 radical (unpaired) electrons. The quantitative estimate of drug-likeness (QED) is 0.817. The molecule has 5 heteroatoms. The molecule has 3 rings (SSSR count). The van der Waals surface area contributed by atoms with E-state index in [2.05, 4.69) is 18.2 Å². The van der Waals surface area contributed by atoms with Crippen LogP contribution < -0.4 is 0 Å². The van der Waals surface area contributed by atoms with Gasteiger partial charge in [0.05, 0.1) is 9.96 Å². The summed E-state index contributed by atoms with van der Waals surface area (Å²) in [6.45, 7) is 1.42. The monoisotopic (exact) mass is 300 g/mol. The molecular weight excluding hydrogens is 288 g/mol. The molecule has 1 aromatic carbocycles. The lowest BCUT2D eigenvalue weighted by molar-refractivity contribution is -0.128. The van der Waals surface area contributed by atoms with E-state index in [1.165, 1.54) is 34.2 Å². The van der Waals surface area contributed by atoms with Crippen molar-refractivity contribution >= 4 is 29.0 Å². The SMILES string of the molecule is N#Cc1ccc(SCC(=O)N2Cc3ccccc3C2)s1. The number of rotatable bonds is 3. The lowest BCUT2D eigenvalue weighted by Crippen LogP contribution is -2.26. The summed E-state index contributed by atoms with van der Waals surface area (Å²) >= 11 is 2.94. The van der Waals surface area contributed by atoms with E-state index < -0.39 is 0 Å². The Morgan fingerprint density at radius 1 is 1.25 bits per heavy atom. The molecule has 20 heavy (non-hydrogen) atoms. The third-order valence-corrected chi connectivity index (χ3v) is 5.42. The van der Waals surface area contributed by atoms with Crippen LogP contribution >= 0.6 is 23.1 Å². The second kappa shape index (κ2) is 5.70. The number of carbonyl (C=O) groups excluding carboxylic acids is 1. The fraction of sp³-hybridized carbons (Fsp3) is 0.200. The van der Waals surface area contributed by atoms with Gasteiger partial charge in [-0.25, -0.2) is 0 Å². The lowest BCUT2D eigenvalue weighted by Gasteiger charge is -2.14. The molecule has 0 bridgehead atoms. The molecule has 0 saturated carbocycles. The zero-order chi connectivity index (χ0) is 13.9. The molecule has 1 aliphatic rings. The molecule has 0 N–H and O–H groups in total. The van der Waals surface area contributed by atoms with Crippen LogP contribution in [0.15, 0.2) is 40.6 Å². The Morgan fingerprint density at radius 2 is 1.95 bits per heavy atom. The van der Waals surface area contributed by atoms with Crippen molar-refractivity contribution in [2.24, 2.45) is 0 Å². The number of hydrogen-bond donors (Lipinski definition) is 0. The van der Waals surface area contributed by atoms with Gasteiger partial charge in [0.25, 0.3) is 0 Å². The summed E-state index contributed by atoms with van der Waals surface area (Å²) in [7, 11) is 0. The third-order valence-electron chi connectivity index (χ3n) is 3.22. The van der Waals surface area contributed by atoms with Gasteiger partial charge in [-0.2, -0.15) is 5.26 Å². The minimum Gasteiger partial charge on any atom is -0.333 e. The van der Waals surface area contributed by atoms with Gasteiger partial charge < -0.3 is 4.90 Å². The van der Waals surface area contributed by atoms with E-state index in [1.54, 1.807) is 6.07 Å². The topological polar surface area (TPSA) is 44.1 Å². The van der Waals surface area contributed by atoms with Crippen LogP contribution in [-0.4, -0.2) is 16.6 Å². The van der Waals surface area contributed by atoms with Gasteiger partial charge in [-0.15, -0.1) is 23.1 Å². The van der Waals surface area contributed by atoms with E-state index in [0.717, 1.165) is 4.21 Å². The standard InChI is InChI=1S/C15H12N2OS2/c16-7-13-5-6-15(20-13)19-10-14(18)17-8-11-3-1-2-4-12(11)9-17/h1-6H,8-10H2. The highest BCUT2D eigenvalue weighted by molar-refractivity contribution is 8.01. The number of fused-ring (bicyclic) bond motifs is 1. The fourth-order valence-corrected chi connectivity index (χ4v) is 4.02. The number of carbonyl (C=O) groups is 1. The molecule has 1 aromatic heterocycles. The molecule has 0 unspecified atom stereocenters. The predicted octanol–water partition coefficient (Wildman–Crippen LogP) is 3.25. The van der Waals surface area contributed by atoms with Crippen LogP contribution in [0.5, 0.6) is 0 Å². The summed E-state index contributed by atoms with van der Waals surface area (Å²) in [4.78, 5) is 14.8. The summed E-state index contributed by atoms with van der Waals surface area (Å²) in [6, 6.07) is 14.0.